The maximum Gasteiger partial charge on any atom is 0.309 e. The number of carbonyl (C=O) groups excluding carboxylic acids is 1. The molecule has 31 heavy (non-hydrogen) atoms. The lowest BCUT2D eigenvalue weighted by atomic mass is 10.1. The number of ether oxygens (including phenoxy) is 2. The van der Waals surface area contributed by atoms with E-state index in [-0.39, 0.29) is 24.7 Å². The summed E-state index contributed by atoms with van der Waals surface area (Å²) >= 11 is 0. The van der Waals surface area contributed by atoms with Gasteiger partial charge in [-0.05, 0) is 48.4 Å². The quantitative estimate of drug-likeness (QED) is 0.469. The summed E-state index contributed by atoms with van der Waals surface area (Å²) < 4.78 is 37.4. The summed E-state index contributed by atoms with van der Waals surface area (Å²) in [6.45, 7) is 1.79. The highest BCUT2D eigenvalue weighted by molar-refractivity contribution is 7.92. The van der Waals surface area contributed by atoms with Gasteiger partial charge in [0.25, 0.3) is 0 Å². The maximum atomic E-state index is 12.8. The highest BCUT2D eigenvalue weighted by Gasteiger charge is 2.21. The topological polar surface area (TPSA) is 85.8 Å². The summed E-state index contributed by atoms with van der Waals surface area (Å²) in [5, 5.41) is 0. The second kappa shape index (κ2) is 10.1. The number of hydrogen-bond acceptors (Lipinski definition) is 6. The van der Waals surface area contributed by atoms with E-state index >= 15 is 0 Å². The highest BCUT2D eigenvalue weighted by atomic mass is 32.2. The van der Waals surface area contributed by atoms with Gasteiger partial charge in [0.1, 0.15) is 11.5 Å². The van der Waals surface area contributed by atoms with Crippen molar-refractivity contribution in [3.8, 4) is 11.5 Å². The zero-order chi connectivity index (χ0) is 22.3. The van der Waals surface area contributed by atoms with E-state index in [1.54, 1.807) is 73.9 Å². The first-order chi connectivity index (χ1) is 14.9. The Balaban J connectivity index is 1.82. The van der Waals surface area contributed by atoms with Gasteiger partial charge < -0.3 is 9.47 Å². The van der Waals surface area contributed by atoms with Crippen molar-refractivity contribution in [2.45, 2.75) is 19.9 Å². The molecule has 0 saturated heterocycles. The molecule has 0 aliphatic carbocycles. The van der Waals surface area contributed by atoms with E-state index in [2.05, 4.69) is 9.72 Å². The number of carbonyl (C=O) groups is 1. The summed E-state index contributed by atoms with van der Waals surface area (Å²) in [5.74, 6) is 0.732. The predicted molar refractivity (Wildman–Crippen MR) is 119 cm³/mol. The van der Waals surface area contributed by atoms with E-state index in [0.717, 1.165) is 11.1 Å². The number of anilines is 1. The molecule has 0 atom stereocenters. The number of aromatic nitrogens is 1. The standard InChI is InChI=1S/C23H24N2O5S/c1-3-31(27,28)25(17-19-6-5-13-24-16-19)20-7-4-8-22(15-20)30-21-11-9-18(10-12-21)14-23(26)29-2/h4-13,15-16H,3,14,17H2,1-2H3. The van der Waals surface area contributed by atoms with Crippen LogP contribution in [-0.2, 0) is 32.5 Å². The third-order valence-electron chi connectivity index (χ3n) is 4.59. The number of methoxy groups -OCH3 is 1. The van der Waals surface area contributed by atoms with Gasteiger partial charge in [0.15, 0.2) is 0 Å². The summed E-state index contributed by atoms with van der Waals surface area (Å²) in [6, 6.07) is 17.6. The molecule has 0 bridgehead atoms. The number of nitrogens with zero attached hydrogens (tertiary/aromatic N) is 2. The van der Waals surface area contributed by atoms with Crippen LogP contribution in [-0.4, -0.2) is 32.2 Å². The first kappa shape index (κ1) is 22.3. The maximum absolute atomic E-state index is 12.8. The fourth-order valence-corrected chi connectivity index (χ4v) is 4.01. The molecule has 7 nitrogen and oxygen atoms in total. The molecule has 162 valence electrons. The Morgan fingerprint density at radius 3 is 2.42 bits per heavy atom. The lowest BCUT2D eigenvalue weighted by Gasteiger charge is -2.24. The summed E-state index contributed by atoms with van der Waals surface area (Å²) in [7, 11) is -2.16. The lowest BCUT2D eigenvalue weighted by molar-refractivity contribution is -0.139. The number of pyridine rings is 1. The summed E-state index contributed by atoms with van der Waals surface area (Å²) in [6.07, 6.45) is 3.48. The zero-order valence-corrected chi connectivity index (χ0v) is 18.2. The zero-order valence-electron chi connectivity index (χ0n) is 17.4. The van der Waals surface area contributed by atoms with Gasteiger partial charge in [0, 0.05) is 18.5 Å². The minimum atomic E-state index is -3.51. The van der Waals surface area contributed by atoms with Crippen LogP contribution in [0.5, 0.6) is 11.5 Å². The second-order valence-corrected chi connectivity index (χ2v) is 8.95. The smallest absolute Gasteiger partial charge is 0.309 e. The van der Waals surface area contributed by atoms with Crippen molar-refractivity contribution in [3.05, 3.63) is 84.2 Å². The number of esters is 1. The van der Waals surface area contributed by atoms with Crippen LogP contribution >= 0.6 is 0 Å². The largest absolute Gasteiger partial charge is 0.469 e. The number of benzene rings is 2. The van der Waals surface area contributed by atoms with E-state index in [1.165, 1.54) is 11.4 Å². The minimum absolute atomic E-state index is 0.0278. The summed E-state index contributed by atoms with van der Waals surface area (Å²) in [5.41, 5.74) is 2.10. The van der Waals surface area contributed by atoms with Gasteiger partial charge >= 0.3 is 5.97 Å². The molecule has 0 unspecified atom stereocenters. The molecule has 0 aliphatic rings. The minimum Gasteiger partial charge on any atom is -0.469 e. The molecule has 3 rings (SSSR count). The van der Waals surface area contributed by atoms with Crippen LogP contribution < -0.4 is 9.04 Å². The average molecular weight is 441 g/mol. The molecule has 1 aromatic heterocycles. The Morgan fingerprint density at radius 1 is 1.00 bits per heavy atom. The normalized spacial score (nSPS) is 11.0. The lowest BCUT2D eigenvalue weighted by Crippen LogP contribution is -2.31. The highest BCUT2D eigenvalue weighted by Crippen LogP contribution is 2.29. The van der Waals surface area contributed by atoms with E-state index in [0.29, 0.717) is 17.2 Å². The van der Waals surface area contributed by atoms with Crippen LogP contribution in [0.4, 0.5) is 5.69 Å². The molecule has 0 aliphatic heterocycles. The number of hydrogen-bond donors (Lipinski definition) is 0. The van der Waals surface area contributed by atoms with Gasteiger partial charge in [0.05, 0.1) is 31.5 Å². The third-order valence-corrected chi connectivity index (χ3v) is 6.33. The van der Waals surface area contributed by atoms with Crippen LogP contribution in [0, 0.1) is 0 Å². The van der Waals surface area contributed by atoms with Crippen molar-refractivity contribution in [2.75, 3.05) is 17.2 Å². The van der Waals surface area contributed by atoms with Crippen molar-refractivity contribution >= 4 is 21.7 Å². The van der Waals surface area contributed by atoms with Gasteiger partial charge in [-0.15, -0.1) is 0 Å². The van der Waals surface area contributed by atoms with Crippen LogP contribution in [0.3, 0.4) is 0 Å². The van der Waals surface area contributed by atoms with Crippen molar-refractivity contribution in [1.29, 1.82) is 0 Å². The monoisotopic (exact) mass is 440 g/mol. The molecule has 8 heteroatoms. The molecule has 1 heterocycles. The van der Waals surface area contributed by atoms with E-state index in [4.69, 9.17) is 4.74 Å². The second-order valence-electron chi connectivity index (χ2n) is 6.76. The van der Waals surface area contributed by atoms with Crippen LogP contribution in [0.15, 0.2) is 73.1 Å². The van der Waals surface area contributed by atoms with Crippen LogP contribution in [0.1, 0.15) is 18.1 Å². The number of rotatable bonds is 9. The molecular weight excluding hydrogens is 416 g/mol. The molecule has 0 saturated carbocycles. The SMILES string of the molecule is CCS(=O)(=O)N(Cc1cccnc1)c1cccc(Oc2ccc(CC(=O)OC)cc2)c1. The molecule has 3 aromatic rings. The Labute approximate surface area is 182 Å². The van der Waals surface area contributed by atoms with Crippen molar-refractivity contribution in [2.24, 2.45) is 0 Å². The average Bonchev–Trinajstić information content (AvgIpc) is 2.79. The van der Waals surface area contributed by atoms with Crippen molar-refractivity contribution in [1.82, 2.24) is 4.98 Å². The summed E-state index contributed by atoms with van der Waals surface area (Å²) in [4.78, 5) is 15.5. The van der Waals surface area contributed by atoms with Gasteiger partial charge in [-0.25, -0.2) is 8.42 Å². The van der Waals surface area contributed by atoms with Gasteiger partial charge in [-0.1, -0.05) is 24.3 Å². The van der Waals surface area contributed by atoms with Gasteiger partial charge in [-0.3, -0.25) is 14.1 Å². The fraction of sp³-hybridized carbons (Fsp3) is 0.217. The predicted octanol–water partition coefficient (Wildman–Crippen LogP) is 3.95. The molecule has 0 radical (unpaired) electrons. The fourth-order valence-electron chi connectivity index (χ4n) is 2.92. The molecular formula is C23H24N2O5S. The van der Waals surface area contributed by atoms with Crippen LogP contribution in [0.25, 0.3) is 0 Å². The molecule has 2 aromatic carbocycles. The molecule has 0 N–H and O–H groups in total. The van der Waals surface area contributed by atoms with Crippen molar-refractivity contribution < 1.29 is 22.7 Å². The molecule has 0 spiro atoms. The van der Waals surface area contributed by atoms with Gasteiger partial charge in [0.2, 0.25) is 10.0 Å². The Kier molecular flexibility index (Phi) is 7.25. The van der Waals surface area contributed by atoms with E-state index in [1.807, 2.05) is 6.07 Å². The van der Waals surface area contributed by atoms with Gasteiger partial charge in [-0.2, -0.15) is 0 Å². The Bertz CT molecular complexity index is 1120. The Morgan fingerprint density at radius 2 is 1.77 bits per heavy atom. The first-order valence-electron chi connectivity index (χ1n) is 9.74. The molecule has 0 fully saturated rings. The van der Waals surface area contributed by atoms with E-state index in [9.17, 15) is 13.2 Å². The first-order valence-corrected chi connectivity index (χ1v) is 11.3. The number of sulfonamides is 1. The Hall–Kier alpha value is -3.39. The van der Waals surface area contributed by atoms with Crippen LogP contribution in [0.2, 0.25) is 0 Å². The van der Waals surface area contributed by atoms with Crippen molar-refractivity contribution in [3.63, 3.8) is 0 Å². The molecule has 0 amide bonds. The van der Waals surface area contributed by atoms with E-state index < -0.39 is 10.0 Å². The third kappa shape index (κ3) is 6.05.